The number of aliphatic imine (C=N–C) groups is 1. The lowest BCUT2D eigenvalue weighted by atomic mass is 10.0. The standard InChI is InChI=1S/C9H13BrN2O/c1-4-6-7(5-2)12(3)9(13)8(10)11-6/h5-7H,2,4H2,1,3H3. The molecule has 0 aliphatic carbocycles. The van der Waals surface area contributed by atoms with Crippen molar-refractivity contribution in [1.29, 1.82) is 0 Å². The fourth-order valence-corrected chi connectivity index (χ4v) is 2.01. The molecule has 0 saturated heterocycles. The summed E-state index contributed by atoms with van der Waals surface area (Å²) < 4.78 is 0.417. The summed E-state index contributed by atoms with van der Waals surface area (Å²) in [6.45, 7) is 5.76. The highest BCUT2D eigenvalue weighted by atomic mass is 79.9. The van der Waals surface area contributed by atoms with Crippen molar-refractivity contribution in [3.8, 4) is 0 Å². The first kappa shape index (κ1) is 10.4. The average molecular weight is 245 g/mol. The maximum atomic E-state index is 11.5. The van der Waals surface area contributed by atoms with E-state index in [0.29, 0.717) is 4.62 Å². The fourth-order valence-electron chi connectivity index (χ4n) is 1.46. The molecule has 0 saturated carbocycles. The van der Waals surface area contributed by atoms with E-state index in [4.69, 9.17) is 0 Å². The van der Waals surface area contributed by atoms with Crippen LogP contribution < -0.4 is 0 Å². The summed E-state index contributed by atoms with van der Waals surface area (Å²) in [7, 11) is 1.77. The Morgan fingerprint density at radius 3 is 2.85 bits per heavy atom. The lowest BCUT2D eigenvalue weighted by Crippen LogP contribution is -2.48. The van der Waals surface area contributed by atoms with Crippen molar-refractivity contribution >= 4 is 26.5 Å². The predicted octanol–water partition coefficient (Wildman–Crippen LogP) is 1.58. The summed E-state index contributed by atoms with van der Waals surface area (Å²) >= 11 is 3.16. The summed E-state index contributed by atoms with van der Waals surface area (Å²) in [5, 5.41) is 0. The molecule has 2 atom stereocenters. The molecule has 1 aliphatic heterocycles. The van der Waals surface area contributed by atoms with Crippen LogP contribution in [0.2, 0.25) is 0 Å². The van der Waals surface area contributed by atoms with Crippen molar-refractivity contribution in [3.63, 3.8) is 0 Å². The van der Waals surface area contributed by atoms with Crippen LogP contribution in [0.15, 0.2) is 17.6 Å². The van der Waals surface area contributed by atoms with E-state index in [0.717, 1.165) is 6.42 Å². The third kappa shape index (κ3) is 1.82. The Balaban J connectivity index is 2.99. The number of likely N-dealkylation sites (N-methyl/N-ethyl adjacent to an activating group) is 1. The smallest absolute Gasteiger partial charge is 0.279 e. The molecule has 0 spiro atoms. The first-order valence-electron chi connectivity index (χ1n) is 4.24. The summed E-state index contributed by atoms with van der Waals surface area (Å²) in [6.07, 6.45) is 2.68. The minimum absolute atomic E-state index is 0.0267. The molecule has 0 N–H and O–H groups in total. The minimum atomic E-state index is -0.0744. The minimum Gasteiger partial charge on any atom is -0.331 e. The monoisotopic (exact) mass is 244 g/mol. The van der Waals surface area contributed by atoms with Crippen LogP contribution in [0.25, 0.3) is 0 Å². The van der Waals surface area contributed by atoms with Crippen molar-refractivity contribution < 1.29 is 4.79 Å². The Bertz CT molecular complexity index is 262. The maximum Gasteiger partial charge on any atom is 0.279 e. The molecule has 0 fully saturated rings. The molecule has 1 amide bonds. The van der Waals surface area contributed by atoms with Gasteiger partial charge in [0.2, 0.25) is 0 Å². The Labute approximate surface area is 86.6 Å². The summed E-state index contributed by atoms with van der Waals surface area (Å²) in [5.41, 5.74) is 0. The van der Waals surface area contributed by atoms with Crippen molar-refractivity contribution in [2.45, 2.75) is 25.4 Å². The van der Waals surface area contributed by atoms with E-state index in [1.54, 1.807) is 18.0 Å². The lowest BCUT2D eigenvalue weighted by Gasteiger charge is -2.33. The summed E-state index contributed by atoms with van der Waals surface area (Å²) in [4.78, 5) is 17.4. The maximum absolute atomic E-state index is 11.5. The zero-order valence-electron chi connectivity index (χ0n) is 7.83. The molecule has 1 heterocycles. The number of amides is 1. The van der Waals surface area contributed by atoms with Gasteiger partial charge in [0.1, 0.15) is 0 Å². The van der Waals surface area contributed by atoms with Gasteiger partial charge in [-0.2, -0.15) is 0 Å². The van der Waals surface area contributed by atoms with Gasteiger partial charge in [-0.3, -0.25) is 9.79 Å². The molecular formula is C9H13BrN2O. The van der Waals surface area contributed by atoms with Crippen molar-refractivity contribution in [3.05, 3.63) is 12.7 Å². The average Bonchev–Trinajstić information content (AvgIpc) is 2.13. The van der Waals surface area contributed by atoms with Crippen molar-refractivity contribution in [2.24, 2.45) is 4.99 Å². The summed E-state index contributed by atoms with van der Waals surface area (Å²) in [6, 6.07) is 0.161. The molecular weight excluding hydrogens is 232 g/mol. The molecule has 0 bridgehead atoms. The van der Waals surface area contributed by atoms with E-state index >= 15 is 0 Å². The molecule has 1 aliphatic rings. The molecule has 0 aromatic carbocycles. The van der Waals surface area contributed by atoms with Crippen LogP contribution in [0.5, 0.6) is 0 Å². The Kier molecular flexibility index (Phi) is 3.25. The highest BCUT2D eigenvalue weighted by Crippen LogP contribution is 2.19. The molecule has 0 aromatic rings. The molecule has 4 heteroatoms. The fraction of sp³-hybridized carbons (Fsp3) is 0.556. The van der Waals surface area contributed by atoms with Gasteiger partial charge in [0, 0.05) is 7.05 Å². The quantitative estimate of drug-likeness (QED) is 0.680. The van der Waals surface area contributed by atoms with E-state index in [-0.39, 0.29) is 18.0 Å². The Hall–Kier alpha value is -0.640. The molecule has 13 heavy (non-hydrogen) atoms. The number of carbonyl (C=O) groups is 1. The van der Waals surface area contributed by atoms with Gasteiger partial charge >= 0.3 is 0 Å². The van der Waals surface area contributed by atoms with Gasteiger partial charge in [-0.1, -0.05) is 13.0 Å². The first-order chi connectivity index (χ1) is 6.11. The molecule has 3 nitrogen and oxygen atoms in total. The second-order valence-electron chi connectivity index (χ2n) is 3.04. The Morgan fingerprint density at radius 1 is 1.77 bits per heavy atom. The molecule has 1 rings (SSSR count). The van der Waals surface area contributed by atoms with Crippen molar-refractivity contribution in [1.82, 2.24) is 4.90 Å². The Morgan fingerprint density at radius 2 is 2.38 bits per heavy atom. The number of hydrogen-bond acceptors (Lipinski definition) is 2. The largest absolute Gasteiger partial charge is 0.331 e. The molecule has 0 aromatic heterocycles. The molecule has 0 radical (unpaired) electrons. The summed E-state index contributed by atoms with van der Waals surface area (Å²) in [5.74, 6) is -0.0744. The number of halogens is 1. The van der Waals surface area contributed by atoms with E-state index in [9.17, 15) is 4.79 Å². The highest BCUT2D eigenvalue weighted by Gasteiger charge is 2.31. The van der Waals surface area contributed by atoms with Gasteiger partial charge in [-0.05, 0) is 22.4 Å². The van der Waals surface area contributed by atoms with Crippen LogP contribution in [0.3, 0.4) is 0 Å². The first-order valence-corrected chi connectivity index (χ1v) is 5.04. The topological polar surface area (TPSA) is 32.7 Å². The SMILES string of the molecule is C=CC1C(CC)N=C(Br)C(=O)N1C. The van der Waals surface area contributed by atoms with Gasteiger partial charge < -0.3 is 4.90 Å². The number of hydrogen-bond donors (Lipinski definition) is 0. The van der Waals surface area contributed by atoms with Crippen LogP contribution in [-0.2, 0) is 4.79 Å². The number of nitrogens with zero attached hydrogens (tertiary/aromatic N) is 2. The van der Waals surface area contributed by atoms with Crippen molar-refractivity contribution in [2.75, 3.05) is 7.05 Å². The van der Waals surface area contributed by atoms with Gasteiger partial charge in [0.15, 0.2) is 4.62 Å². The molecule has 72 valence electrons. The van der Waals surface area contributed by atoms with E-state index in [1.807, 2.05) is 0 Å². The second-order valence-corrected chi connectivity index (χ2v) is 3.79. The third-order valence-electron chi connectivity index (χ3n) is 2.28. The van der Waals surface area contributed by atoms with Crippen LogP contribution >= 0.6 is 15.9 Å². The predicted molar refractivity (Wildman–Crippen MR) is 57.2 cm³/mol. The number of carbonyl (C=O) groups excluding carboxylic acids is 1. The number of rotatable bonds is 2. The van der Waals surface area contributed by atoms with Gasteiger partial charge in [0.25, 0.3) is 5.91 Å². The van der Waals surface area contributed by atoms with E-state index in [2.05, 4.69) is 34.4 Å². The third-order valence-corrected chi connectivity index (χ3v) is 2.82. The zero-order valence-corrected chi connectivity index (χ0v) is 9.41. The van der Waals surface area contributed by atoms with Crippen LogP contribution in [0.4, 0.5) is 0 Å². The van der Waals surface area contributed by atoms with E-state index < -0.39 is 0 Å². The van der Waals surface area contributed by atoms with Crippen LogP contribution in [0.1, 0.15) is 13.3 Å². The second kappa shape index (κ2) is 4.05. The highest BCUT2D eigenvalue weighted by molar-refractivity contribution is 9.19. The molecule has 2 unspecified atom stereocenters. The normalized spacial score (nSPS) is 28.7. The van der Waals surface area contributed by atoms with Gasteiger partial charge in [0.05, 0.1) is 12.1 Å². The van der Waals surface area contributed by atoms with Gasteiger partial charge in [-0.15, -0.1) is 6.58 Å². The lowest BCUT2D eigenvalue weighted by molar-refractivity contribution is -0.124. The van der Waals surface area contributed by atoms with Crippen LogP contribution in [0, 0.1) is 0 Å². The van der Waals surface area contributed by atoms with Gasteiger partial charge in [-0.25, -0.2) is 0 Å². The van der Waals surface area contributed by atoms with Crippen LogP contribution in [-0.4, -0.2) is 34.6 Å². The zero-order chi connectivity index (χ0) is 10.0. The van der Waals surface area contributed by atoms with E-state index in [1.165, 1.54) is 0 Å².